The van der Waals surface area contributed by atoms with E-state index in [2.05, 4.69) is 17.3 Å². The van der Waals surface area contributed by atoms with Crippen molar-refractivity contribution in [1.29, 1.82) is 0 Å². The molecule has 0 radical (unpaired) electrons. The van der Waals surface area contributed by atoms with Crippen molar-refractivity contribution in [2.45, 2.75) is 18.9 Å². The summed E-state index contributed by atoms with van der Waals surface area (Å²) >= 11 is 0. The van der Waals surface area contributed by atoms with Gasteiger partial charge in [-0.2, -0.15) is 0 Å². The highest BCUT2D eigenvalue weighted by atomic mass is 16.5. The number of carbonyl (C=O) groups excluding carboxylic acids is 1. The van der Waals surface area contributed by atoms with Crippen molar-refractivity contribution in [2.24, 2.45) is 0 Å². The van der Waals surface area contributed by atoms with Crippen LogP contribution in [0.4, 0.5) is 4.79 Å². The van der Waals surface area contributed by atoms with Crippen LogP contribution in [0.1, 0.15) is 12.8 Å². The van der Waals surface area contributed by atoms with Gasteiger partial charge in [0.25, 0.3) is 0 Å². The van der Waals surface area contributed by atoms with Crippen molar-refractivity contribution >= 4 is 6.03 Å². The van der Waals surface area contributed by atoms with Gasteiger partial charge in [0, 0.05) is 32.2 Å². The van der Waals surface area contributed by atoms with E-state index in [-0.39, 0.29) is 12.1 Å². The predicted molar refractivity (Wildman–Crippen MR) is 90.2 cm³/mol. The van der Waals surface area contributed by atoms with Gasteiger partial charge in [-0.1, -0.05) is 6.07 Å². The van der Waals surface area contributed by atoms with Crippen LogP contribution in [-0.4, -0.2) is 69.3 Å². The van der Waals surface area contributed by atoms with E-state index in [0.717, 1.165) is 37.4 Å². The molecule has 23 heavy (non-hydrogen) atoms. The van der Waals surface area contributed by atoms with Gasteiger partial charge in [0.1, 0.15) is 11.5 Å². The quantitative estimate of drug-likeness (QED) is 0.778. The molecule has 1 heterocycles. The third-order valence-corrected chi connectivity index (χ3v) is 4.01. The maximum Gasteiger partial charge on any atom is 0.317 e. The number of urea groups is 1. The van der Waals surface area contributed by atoms with Crippen molar-refractivity contribution in [2.75, 3.05) is 47.4 Å². The van der Waals surface area contributed by atoms with E-state index in [1.807, 2.05) is 31.3 Å². The molecule has 1 saturated heterocycles. The maximum absolute atomic E-state index is 12.1. The number of benzene rings is 1. The molecule has 1 aliphatic heterocycles. The summed E-state index contributed by atoms with van der Waals surface area (Å²) in [6.45, 7) is 3.21. The molecule has 6 heteroatoms. The monoisotopic (exact) mass is 321 g/mol. The summed E-state index contributed by atoms with van der Waals surface area (Å²) in [6, 6.07) is 7.79. The lowest BCUT2D eigenvalue weighted by atomic mass is 10.3. The van der Waals surface area contributed by atoms with Gasteiger partial charge >= 0.3 is 6.03 Å². The van der Waals surface area contributed by atoms with E-state index in [1.165, 1.54) is 0 Å². The fourth-order valence-electron chi connectivity index (χ4n) is 2.62. The van der Waals surface area contributed by atoms with Crippen LogP contribution in [0.15, 0.2) is 24.3 Å². The number of hydrogen-bond donors (Lipinski definition) is 1. The number of methoxy groups -OCH3 is 1. The third-order valence-electron chi connectivity index (χ3n) is 4.01. The van der Waals surface area contributed by atoms with Crippen molar-refractivity contribution in [3.63, 3.8) is 0 Å². The molecule has 1 fully saturated rings. The van der Waals surface area contributed by atoms with E-state index < -0.39 is 0 Å². The van der Waals surface area contributed by atoms with Gasteiger partial charge in [0.2, 0.25) is 0 Å². The summed E-state index contributed by atoms with van der Waals surface area (Å²) in [5, 5.41) is 3.07. The first kappa shape index (κ1) is 17.4. The van der Waals surface area contributed by atoms with Crippen LogP contribution < -0.4 is 14.8 Å². The highest BCUT2D eigenvalue weighted by Gasteiger charge is 2.22. The van der Waals surface area contributed by atoms with E-state index >= 15 is 0 Å². The molecular formula is C17H27N3O3. The van der Waals surface area contributed by atoms with Crippen LogP contribution in [0, 0.1) is 0 Å². The van der Waals surface area contributed by atoms with Crippen LogP contribution in [0.5, 0.6) is 11.5 Å². The Labute approximate surface area is 138 Å². The Balaban J connectivity index is 1.64. The smallest absolute Gasteiger partial charge is 0.317 e. The number of rotatable bonds is 7. The minimum Gasteiger partial charge on any atom is -0.497 e. The second kappa shape index (κ2) is 8.62. The molecule has 2 amide bonds. The van der Waals surface area contributed by atoms with Crippen LogP contribution in [0.3, 0.4) is 0 Å². The van der Waals surface area contributed by atoms with Gasteiger partial charge < -0.3 is 24.6 Å². The minimum atomic E-state index is -0.00770. The third kappa shape index (κ3) is 5.63. The van der Waals surface area contributed by atoms with Crippen LogP contribution in [0.2, 0.25) is 0 Å². The lowest BCUT2D eigenvalue weighted by Gasteiger charge is -2.21. The van der Waals surface area contributed by atoms with Gasteiger partial charge in [-0.05, 0) is 38.6 Å². The van der Waals surface area contributed by atoms with Crippen LogP contribution >= 0.6 is 0 Å². The Morgan fingerprint density at radius 3 is 2.91 bits per heavy atom. The topological polar surface area (TPSA) is 54.0 Å². The molecule has 0 bridgehead atoms. The van der Waals surface area contributed by atoms with Crippen molar-refractivity contribution < 1.29 is 14.3 Å². The minimum absolute atomic E-state index is 0.00770. The molecule has 1 N–H and O–H groups in total. The van der Waals surface area contributed by atoms with Crippen molar-refractivity contribution in [3.05, 3.63) is 24.3 Å². The van der Waals surface area contributed by atoms with Gasteiger partial charge in [0.05, 0.1) is 13.7 Å². The number of nitrogens with zero attached hydrogens (tertiary/aromatic N) is 2. The normalized spacial score (nSPS) is 17.8. The summed E-state index contributed by atoms with van der Waals surface area (Å²) in [6.07, 6.45) is 1.81. The van der Waals surface area contributed by atoms with Gasteiger partial charge in [-0.25, -0.2) is 4.79 Å². The fraction of sp³-hybridized carbons (Fsp3) is 0.588. The zero-order chi connectivity index (χ0) is 16.7. The number of nitrogens with one attached hydrogen (secondary N) is 1. The van der Waals surface area contributed by atoms with Crippen LogP contribution in [0.25, 0.3) is 0 Å². The summed E-state index contributed by atoms with van der Waals surface area (Å²) in [5.74, 6) is 1.56. The van der Waals surface area contributed by atoms with Gasteiger partial charge in [-0.15, -0.1) is 0 Å². The molecule has 1 atom stereocenters. The maximum atomic E-state index is 12.1. The molecule has 1 aliphatic rings. The molecule has 0 unspecified atom stereocenters. The fourth-order valence-corrected chi connectivity index (χ4v) is 2.62. The summed E-state index contributed by atoms with van der Waals surface area (Å²) in [4.78, 5) is 16.0. The molecule has 0 saturated carbocycles. The number of ether oxygens (including phenoxy) is 2. The van der Waals surface area contributed by atoms with Gasteiger partial charge in [0.15, 0.2) is 0 Å². The largest absolute Gasteiger partial charge is 0.497 e. The number of hydrogen-bond acceptors (Lipinski definition) is 4. The second-order valence-electron chi connectivity index (χ2n) is 6.00. The summed E-state index contributed by atoms with van der Waals surface area (Å²) in [5.41, 5.74) is 0. The predicted octanol–water partition coefficient (Wildman–Crippen LogP) is 1.81. The van der Waals surface area contributed by atoms with E-state index in [0.29, 0.717) is 13.2 Å². The Hall–Kier alpha value is -1.95. The van der Waals surface area contributed by atoms with Gasteiger partial charge in [-0.3, -0.25) is 0 Å². The van der Waals surface area contributed by atoms with Crippen molar-refractivity contribution in [3.8, 4) is 11.5 Å². The van der Waals surface area contributed by atoms with Crippen LogP contribution in [-0.2, 0) is 0 Å². The molecule has 128 valence electrons. The van der Waals surface area contributed by atoms with E-state index in [4.69, 9.17) is 9.47 Å². The Morgan fingerprint density at radius 2 is 2.22 bits per heavy atom. The second-order valence-corrected chi connectivity index (χ2v) is 6.00. The standard InChI is InChI=1S/C17H27N3O3/c1-19-10-8-14(13-19)18-17(21)20(2)9-5-11-23-16-7-4-6-15(12-16)22-3/h4,6-7,12,14H,5,8-11,13H2,1-3H3,(H,18,21)/t14-/m1/s1. The first-order valence-electron chi connectivity index (χ1n) is 8.05. The molecule has 6 nitrogen and oxygen atoms in total. The Morgan fingerprint density at radius 1 is 1.43 bits per heavy atom. The zero-order valence-electron chi connectivity index (χ0n) is 14.2. The average molecular weight is 321 g/mol. The molecule has 2 rings (SSSR count). The number of likely N-dealkylation sites (tertiary alicyclic amines) is 1. The zero-order valence-corrected chi connectivity index (χ0v) is 14.2. The molecule has 1 aromatic rings. The van der Waals surface area contributed by atoms with Crippen molar-refractivity contribution in [1.82, 2.24) is 15.1 Å². The molecule has 1 aromatic carbocycles. The van der Waals surface area contributed by atoms with E-state index in [1.54, 1.807) is 12.0 Å². The molecule has 0 spiro atoms. The lowest BCUT2D eigenvalue weighted by Crippen LogP contribution is -2.44. The molecule has 0 aliphatic carbocycles. The highest BCUT2D eigenvalue weighted by molar-refractivity contribution is 5.74. The SMILES string of the molecule is COc1cccc(OCCCN(C)C(=O)N[C@@H]2CCN(C)C2)c1. The average Bonchev–Trinajstić information content (AvgIpc) is 2.96. The molecular weight excluding hydrogens is 294 g/mol. The number of amides is 2. The first-order chi connectivity index (χ1) is 11.1. The van der Waals surface area contributed by atoms with E-state index in [9.17, 15) is 4.79 Å². The lowest BCUT2D eigenvalue weighted by molar-refractivity contribution is 0.199. The Kier molecular flexibility index (Phi) is 6.52. The number of carbonyl (C=O) groups is 1. The highest BCUT2D eigenvalue weighted by Crippen LogP contribution is 2.18. The number of likely N-dealkylation sites (N-methyl/N-ethyl adjacent to an activating group) is 1. The summed E-state index contributed by atoms with van der Waals surface area (Å²) in [7, 11) is 5.53. The Bertz CT molecular complexity index is 510. The first-order valence-corrected chi connectivity index (χ1v) is 8.05. The summed E-state index contributed by atoms with van der Waals surface area (Å²) < 4.78 is 10.8. The molecule has 0 aromatic heterocycles.